The number of esters is 1. The van der Waals surface area contributed by atoms with Crippen LogP contribution in [-0.2, 0) is 23.8 Å². The molecule has 1 heterocycles. The molecule has 0 aromatic carbocycles. The highest BCUT2D eigenvalue weighted by atomic mass is 16.6. The number of methoxy groups -OCH3 is 1. The summed E-state index contributed by atoms with van der Waals surface area (Å²) >= 11 is 0. The van der Waals surface area contributed by atoms with Crippen LogP contribution in [0.15, 0.2) is 0 Å². The Balaban J connectivity index is 1.78. The van der Waals surface area contributed by atoms with E-state index in [1.54, 1.807) is 32.6 Å². The summed E-state index contributed by atoms with van der Waals surface area (Å²) in [5.41, 5.74) is -0.689. The van der Waals surface area contributed by atoms with Crippen LogP contribution in [0.1, 0.15) is 54.4 Å². The van der Waals surface area contributed by atoms with Gasteiger partial charge in [0.15, 0.2) is 0 Å². The molecular formula is C21H34N2O6. The molecule has 1 N–H and O–H groups in total. The van der Waals surface area contributed by atoms with Gasteiger partial charge in [-0.1, -0.05) is 13.8 Å². The standard InChI is InChI=1S/C21H34N2O6/c1-11(28-12-8-9-12)15(22-19(26)29-20(2,3)4)17(24)23-10-13-14(21(13,5)6)16(23)18(25)27-7/h11-16H,8-10H2,1-7H3,(H,22,26)/t11-,13+,14+,15+,16+/m1/s1. The van der Waals surface area contributed by atoms with Gasteiger partial charge in [0.25, 0.3) is 0 Å². The van der Waals surface area contributed by atoms with Crippen LogP contribution in [0.2, 0.25) is 0 Å². The molecule has 0 aromatic rings. The van der Waals surface area contributed by atoms with E-state index < -0.39 is 35.9 Å². The number of fused-ring (bicyclic) bond motifs is 1. The fraction of sp³-hybridized carbons (Fsp3) is 0.857. The van der Waals surface area contributed by atoms with E-state index in [1.165, 1.54) is 7.11 Å². The number of ether oxygens (including phenoxy) is 3. The number of amides is 2. The van der Waals surface area contributed by atoms with Crippen molar-refractivity contribution in [2.75, 3.05) is 13.7 Å². The number of carbonyl (C=O) groups is 3. The van der Waals surface area contributed by atoms with Crippen molar-refractivity contribution < 1.29 is 28.6 Å². The van der Waals surface area contributed by atoms with Gasteiger partial charge < -0.3 is 24.4 Å². The Kier molecular flexibility index (Phi) is 5.62. The first kappa shape index (κ1) is 21.9. The van der Waals surface area contributed by atoms with Crippen molar-refractivity contribution in [3.63, 3.8) is 0 Å². The normalized spacial score (nSPS) is 29.5. The van der Waals surface area contributed by atoms with Gasteiger partial charge in [-0.2, -0.15) is 0 Å². The Morgan fingerprint density at radius 3 is 2.31 bits per heavy atom. The molecule has 8 nitrogen and oxygen atoms in total. The maximum absolute atomic E-state index is 13.5. The summed E-state index contributed by atoms with van der Waals surface area (Å²) in [7, 11) is 1.34. The van der Waals surface area contributed by atoms with Crippen molar-refractivity contribution in [3.05, 3.63) is 0 Å². The lowest BCUT2D eigenvalue weighted by atomic mass is 9.99. The number of rotatable bonds is 6. The monoisotopic (exact) mass is 410 g/mol. The number of hydrogen-bond acceptors (Lipinski definition) is 6. The second-order valence-electron chi connectivity index (χ2n) is 10.1. The first-order valence-corrected chi connectivity index (χ1v) is 10.4. The molecule has 164 valence electrons. The second kappa shape index (κ2) is 7.45. The van der Waals surface area contributed by atoms with E-state index in [2.05, 4.69) is 19.2 Å². The summed E-state index contributed by atoms with van der Waals surface area (Å²) in [6, 6.07) is -1.57. The van der Waals surface area contributed by atoms with Gasteiger partial charge in [-0.05, 0) is 51.9 Å². The Labute approximate surface area is 172 Å². The maximum Gasteiger partial charge on any atom is 0.408 e. The van der Waals surface area contributed by atoms with Crippen molar-refractivity contribution in [2.45, 2.75) is 84.3 Å². The van der Waals surface area contributed by atoms with Gasteiger partial charge in [-0.15, -0.1) is 0 Å². The van der Waals surface area contributed by atoms with Gasteiger partial charge in [-0.3, -0.25) is 4.79 Å². The maximum atomic E-state index is 13.5. The number of carbonyl (C=O) groups excluding carboxylic acids is 3. The molecule has 3 rings (SSSR count). The Bertz CT molecular complexity index is 681. The van der Waals surface area contributed by atoms with Crippen molar-refractivity contribution in [2.24, 2.45) is 17.3 Å². The number of nitrogens with zero attached hydrogens (tertiary/aromatic N) is 1. The third kappa shape index (κ3) is 4.52. The molecule has 3 aliphatic rings. The SMILES string of the molecule is COC(=O)[C@@H]1[C@@H]2[C@H](CN1C(=O)[C@@H](NC(=O)OC(C)(C)C)[C@@H](C)OC1CC1)C2(C)C. The van der Waals surface area contributed by atoms with Crippen LogP contribution in [0.25, 0.3) is 0 Å². The summed E-state index contributed by atoms with van der Waals surface area (Å²) in [5, 5.41) is 2.68. The van der Waals surface area contributed by atoms with Crippen molar-refractivity contribution >= 4 is 18.0 Å². The smallest absolute Gasteiger partial charge is 0.408 e. The lowest BCUT2D eigenvalue weighted by Gasteiger charge is -2.34. The predicted molar refractivity (Wildman–Crippen MR) is 105 cm³/mol. The molecule has 0 bridgehead atoms. The molecule has 3 fully saturated rings. The molecule has 29 heavy (non-hydrogen) atoms. The molecule has 8 heteroatoms. The summed E-state index contributed by atoms with van der Waals surface area (Å²) in [6.07, 6.45) is 0.796. The average Bonchev–Trinajstić information content (AvgIpc) is 3.44. The fourth-order valence-electron chi connectivity index (χ4n) is 4.48. The fourth-order valence-corrected chi connectivity index (χ4v) is 4.48. The number of likely N-dealkylation sites (tertiary alicyclic amines) is 1. The molecule has 5 atom stereocenters. The van der Waals surface area contributed by atoms with Crippen LogP contribution < -0.4 is 5.32 Å². The summed E-state index contributed by atoms with van der Waals surface area (Å²) in [5.74, 6) is -0.427. The highest BCUT2D eigenvalue weighted by molar-refractivity contribution is 5.91. The topological polar surface area (TPSA) is 94.2 Å². The van der Waals surface area contributed by atoms with E-state index in [-0.39, 0.29) is 29.3 Å². The average molecular weight is 411 g/mol. The molecule has 2 saturated carbocycles. The zero-order valence-corrected chi connectivity index (χ0v) is 18.5. The van der Waals surface area contributed by atoms with E-state index in [0.29, 0.717) is 6.54 Å². The quantitative estimate of drug-likeness (QED) is 0.674. The van der Waals surface area contributed by atoms with Crippen molar-refractivity contribution in [1.82, 2.24) is 10.2 Å². The first-order valence-electron chi connectivity index (χ1n) is 10.4. The van der Waals surface area contributed by atoms with Crippen LogP contribution in [0, 0.1) is 17.3 Å². The third-order valence-electron chi connectivity index (χ3n) is 6.27. The Hall–Kier alpha value is -1.83. The van der Waals surface area contributed by atoms with E-state index in [0.717, 1.165) is 12.8 Å². The molecule has 0 spiro atoms. The Morgan fingerprint density at radius 1 is 1.17 bits per heavy atom. The molecule has 2 aliphatic carbocycles. The number of hydrogen-bond donors (Lipinski definition) is 1. The summed E-state index contributed by atoms with van der Waals surface area (Å²) in [6.45, 7) is 11.7. The highest BCUT2D eigenvalue weighted by Gasteiger charge is 2.70. The lowest BCUT2D eigenvalue weighted by Crippen LogP contribution is -2.58. The van der Waals surface area contributed by atoms with Gasteiger partial charge in [0.1, 0.15) is 17.7 Å². The third-order valence-corrected chi connectivity index (χ3v) is 6.27. The minimum atomic E-state index is -0.932. The predicted octanol–water partition coefficient (Wildman–Crippen LogP) is 2.10. The molecule has 0 radical (unpaired) electrons. The number of alkyl carbamates (subject to hydrolysis) is 1. The van der Waals surface area contributed by atoms with E-state index in [9.17, 15) is 14.4 Å². The second-order valence-corrected chi connectivity index (χ2v) is 10.1. The van der Waals surface area contributed by atoms with Crippen molar-refractivity contribution in [3.8, 4) is 0 Å². The molecule has 0 unspecified atom stereocenters. The van der Waals surface area contributed by atoms with Crippen LogP contribution in [0.5, 0.6) is 0 Å². The highest BCUT2D eigenvalue weighted by Crippen LogP contribution is 2.65. The number of piperidine rings is 1. The lowest BCUT2D eigenvalue weighted by molar-refractivity contribution is -0.155. The van der Waals surface area contributed by atoms with E-state index >= 15 is 0 Å². The number of nitrogens with one attached hydrogen (secondary N) is 1. The van der Waals surface area contributed by atoms with Gasteiger partial charge in [-0.25, -0.2) is 9.59 Å². The van der Waals surface area contributed by atoms with Gasteiger partial charge >= 0.3 is 12.1 Å². The molecule has 0 aromatic heterocycles. The van der Waals surface area contributed by atoms with Crippen LogP contribution in [0.3, 0.4) is 0 Å². The molecule has 2 amide bonds. The summed E-state index contributed by atoms with van der Waals surface area (Å²) < 4.78 is 16.2. The molecule has 1 aliphatic heterocycles. The Morgan fingerprint density at radius 2 is 1.79 bits per heavy atom. The molecular weight excluding hydrogens is 376 g/mol. The van der Waals surface area contributed by atoms with Crippen molar-refractivity contribution in [1.29, 1.82) is 0 Å². The zero-order valence-electron chi connectivity index (χ0n) is 18.5. The van der Waals surface area contributed by atoms with Crippen LogP contribution in [-0.4, -0.2) is 66.4 Å². The van der Waals surface area contributed by atoms with Gasteiger partial charge in [0.2, 0.25) is 5.91 Å². The van der Waals surface area contributed by atoms with Crippen LogP contribution >= 0.6 is 0 Å². The largest absolute Gasteiger partial charge is 0.467 e. The minimum absolute atomic E-state index is 0.000143. The molecule has 1 saturated heterocycles. The zero-order chi connectivity index (χ0) is 21.7. The van der Waals surface area contributed by atoms with Crippen LogP contribution in [0.4, 0.5) is 4.79 Å². The van der Waals surface area contributed by atoms with E-state index in [4.69, 9.17) is 14.2 Å². The first-order chi connectivity index (χ1) is 13.4. The van der Waals surface area contributed by atoms with Gasteiger partial charge in [0, 0.05) is 12.5 Å². The van der Waals surface area contributed by atoms with Gasteiger partial charge in [0.05, 0.1) is 19.3 Å². The van der Waals surface area contributed by atoms with E-state index in [1.807, 2.05) is 0 Å². The summed E-state index contributed by atoms with van der Waals surface area (Å²) in [4.78, 5) is 39.9. The minimum Gasteiger partial charge on any atom is -0.467 e.